The number of benzene rings is 1. The fraction of sp³-hybridized carbons (Fsp3) is 0.538. The summed E-state index contributed by atoms with van der Waals surface area (Å²) in [6.45, 7) is 0. The van der Waals surface area contributed by atoms with Crippen molar-refractivity contribution in [1.82, 2.24) is 0 Å². The van der Waals surface area contributed by atoms with Gasteiger partial charge in [-0.2, -0.15) is 0 Å². The van der Waals surface area contributed by atoms with Gasteiger partial charge in [0.2, 0.25) is 0 Å². The summed E-state index contributed by atoms with van der Waals surface area (Å²) in [5.74, 6) is 0. The van der Waals surface area contributed by atoms with E-state index in [0.717, 1.165) is 12.1 Å². The molecular formula is C13H18Na4O16S4. The zero-order valence-electron chi connectivity index (χ0n) is 20.1. The van der Waals surface area contributed by atoms with Crippen LogP contribution in [0.2, 0.25) is 0 Å². The molecule has 1 rings (SSSR count). The van der Waals surface area contributed by atoms with Crippen molar-refractivity contribution in [3.63, 3.8) is 0 Å². The molecule has 0 spiro atoms. The van der Waals surface area contributed by atoms with Crippen molar-refractivity contribution in [2.45, 2.75) is 41.0 Å². The number of aliphatic hydroxyl groups excluding tert-OH is 4. The number of hydrogen-bond donors (Lipinski definition) is 4. The van der Waals surface area contributed by atoms with Gasteiger partial charge >= 0.3 is 118 Å². The molecule has 24 heteroatoms. The summed E-state index contributed by atoms with van der Waals surface area (Å²) in [6.07, 6.45) is -1.33. The predicted octanol–water partition coefficient (Wildman–Crippen LogP) is -15.3. The first-order valence-electron chi connectivity index (χ1n) is 8.20. The maximum Gasteiger partial charge on any atom is 1.00 e. The van der Waals surface area contributed by atoms with Crippen LogP contribution in [0.3, 0.4) is 0 Å². The average molecular weight is 650 g/mol. The maximum atomic E-state index is 10.6. The van der Waals surface area contributed by atoms with Gasteiger partial charge in [0.25, 0.3) is 0 Å². The Kier molecular flexibility index (Phi) is 27.5. The van der Waals surface area contributed by atoms with Crippen LogP contribution in [0.5, 0.6) is 0 Å². The van der Waals surface area contributed by atoms with Gasteiger partial charge in [-0.3, -0.25) is 0 Å². The number of rotatable bonds is 10. The molecule has 0 fully saturated rings. The third-order valence-corrected chi connectivity index (χ3v) is 7.05. The Labute approximate surface area is 302 Å². The summed E-state index contributed by atoms with van der Waals surface area (Å²) in [5, 5.41) is 35.9. The summed E-state index contributed by atoms with van der Waals surface area (Å²) in [6, 6.07) is 4.25. The van der Waals surface area contributed by atoms with Crippen LogP contribution >= 0.6 is 0 Å². The zero-order chi connectivity index (χ0) is 26.4. The van der Waals surface area contributed by atoms with Crippen molar-refractivity contribution in [1.29, 1.82) is 0 Å². The second-order valence-electron chi connectivity index (χ2n) is 6.15. The van der Waals surface area contributed by atoms with Crippen molar-refractivity contribution >= 4 is 40.5 Å². The van der Waals surface area contributed by atoms with E-state index in [0.29, 0.717) is 0 Å². The van der Waals surface area contributed by atoms with Crippen LogP contribution in [0.15, 0.2) is 24.3 Å². The van der Waals surface area contributed by atoms with Gasteiger partial charge in [0.15, 0.2) is 10.9 Å². The number of hydrogen-bond acceptors (Lipinski definition) is 16. The van der Waals surface area contributed by atoms with Gasteiger partial charge in [-0.05, 0) is 19.3 Å². The van der Waals surface area contributed by atoms with E-state index in [-0.39, 0.29) is 125 Å². The summed E-state index contributed by atoms with van der Waals surface area (Å²) in [4.78, 5) is 0. The molecule has 0 aliphatic heterocycles. The Bertz CT molecular complexity index is 1130. The van der Waals surface area contributed by atoms with Gasteiger partial charge in [-0.1, -0.05) is 24.3 Å². The van der Waals surface area contributed by atoms with Gasteiger partial charge in [0, 0.05) is 11.1 Å². The monoisotopic (exact) mass is 650 g/mol. The van der Waals surface area contributed by atoms with Crippen molar-refractivity contribution in [2.75, 3.05) is 0 Å². The van der Waals surface area contributed by atoms with E-state index in [4.69, 9.17) is 10.2 Å². The smallest absolute Gasteiger partial charge is 0.746 e. The molecule has 16 nitrogen and oxygen atoms in total. The van der Waals surface area contributed by atoms with Crippen molar-refractivity contribution in [3.05, 3.63) is 35.4 Å². The molecule has 0 saturated carbocycles. The third-order valence-electron chi connectivity index (χ3n) is 3.64. The van der Waals surface area contributed by atoms with Gasteiger partial charge in [0.05, 0.1) is 0 Å². The minimum Gasteiger partial charge on any atom is -0.746 e. The Morgan fingerprint density at radius 1 is 0.541 bits per heavy atom. The fourth-order valence-electron chi connectivity index (χ4n) is 2.03. The van der Waals surface area contributed by atoms with E-state index in [1.807, 2.05) is 0 Å². The van der Waals surface area contributed by atoms with Crippen LogP contribution in [0, 0.1) is 0 Å². The molecule has 0 bridgehead atoms. The van der Waals surface area contributed by atoms with Gasteiger partial charge < -0.3 is 38.6 Å². The molecule has 4 atom stereocenters. The molecule has 1 aromatic carbocycles. The molecular weight excluding hydrogens is 632 g/mol. The maximum absolute atomic E-state index is 10.6. The van der Waals surface area contributed by atoms with Gasteiger partial charge in [0.1, 0.15) is 51.3 Å². The van der Waals surface area contributed by atoms with Crippen molar-refractivity contribution in [2.24, 2.45) is 0 Å². The normalized spacial score (nSPS) is 14.9. The Hall–Kier alpha value is 2.70. The molecule has 0 aromatic heterocycles. The molecule has 4 N–H and O–H groups in total. The van der Waals surface area contributed by atoms with Crippen molar-refractivity contribution in [3.8, 4) is 0 Å². The third kappa shape index (κ3) is 19.5. The molecule has 0 saturated heterocycles. The minimum atomic E-state index is -5.16. The van der Waals surface area contributed by atoms with E-state index in [1.165, 1.54) is 12.1 Å². The SMILES string of the molecule is O=S(=O)([O-])C(O)CCCC(O)S(=O)(=O)[O-].O=S(=O)([O-])C(O)c1ccccc1C(O)S(=O)(=O)[O-].[Na+].[Na+].[Na+].[Na+]. The van der Waals surface area contributed by atoms with Crippen LogP contribution < -0.4 is 118 Å². The summed E-state index contributed by atoms with van der Waals surface area (Å²) in [5.41, 5.74) is -10.7. The average Bonchev–Trinajstić information content (AvgIpc) is 2.64. The molecule has 1 aromatic rings. The molecule has 0 heterocycles. The summed E-state index contributed by atoms with van der Waals surface area (Å²) in [7, 11) is -20.0. The topological polar surface area (TPSA) is 310 Å². The molecule has 4 unspecified atom stereocenters. The molecule has 0 aliphatic carbocycles. The van der Waals surface area contributed by atoms with Crippen LogP contribution in [0.4, 0.5) is 0 Å². The Morgan fingerprint density at radius 3 is 0.973 bits per heavy atom. The van der Waals surface area contributed by atoms with E-state index in [9.17, 15) is 62.1 Å². The number of aliphatic hydroxyl groups is 4. The van der Waals surface area contributed by atoms with Crippen molar-refractivity contribution < 1.29 is 191 Å². The largest absolute Gasteiger partial charge is 1.00 e. The van der Waals surface area contributed by atoms with E-state index in [2.05, 4.69) is 0 Å². The van der Waals surface area contributed by atoms with Gasteiger partial charge in [-0.15, -0.1) is 0 Å². The molecule has 194 valence electrons. The zero-order valence-corrected chi connectivity index (χ0v) is 31.3. The van der Waals surface area contributed by atoms with Crippen LogP contribution in [-0.4, -0.2) is 83.2 Å². The first-order valence-corrected chi connectivity index (χ1v) is 14.1. The first-order chi connectivity index (χ1) is 14.6. The molecule has 0 radical (unpaired) electrons. The fourth-order valence-corrected chi connectivity index (χ4v) is 3.99. The summed E-state index contributed by atoms with van der Waals surface area (Å²) < 4.78 is 125. The molecule has 0 aliphatic rings. The van der Waals surface area contributed by atoms with Crippen LogP contribution in [0.25, 0.3) is 0 Å². The second kappa shape index (κ2) is 20.6. The first kappa shape index (κ1) is 49.4. The standard InChI is InChI=1S/C8H10O8S2.C5H12O8S2.4Na/c9-7(17(11,12)13)5-3-1-2-4-6(5)8(10)18(14,15)16;6-4(14(8,9)10)2-1-3-5(7)15(11,12)13;;;;/h1-4,7-10H,(H,11,12,13)(H,14,15,16);4-7H,1-3H2,(H,8,9,10)(H,11,12,13);;;;/q;;4*+1/p-4. The minimum absolute atomic E-state index is 0. The van der Waals surface area contributed by atoms with E-state index in [1.54, 1.807) is 0 Å². The predicted molar refractivity (Wildman–Crippen MR) is 101 cm³/mol. The van der Waals surface area contributed by atoms with E-state index >= 15 is 0 Å². The quantitative estimate of drug-likeness (QED) is 0.135. The Balaban J connectivity index is -0.000000169. The Morgan fingerprint density at radius 2 is 0.784 bits per heavy atom. The molecule has 37 heavy (non-hydrogen) atoms. The molecule has 0 amide bonds. The van der Waals surface area contributed by atoms with Crippen LogP contribution in [-0.2, 0) is 40.5 Å². The van der Waals surface area contributed by atoms with Crippen LogP contribution in [0.1, 0.15) is 41.3 Å². The van der Waals surface area contributed by atoms with Gasteiger partial charge in [-0.25, -0.2) is 33.7 Å². The summed E-state index contributed by atoms with van der Waals surface area (Å²) >= 11 is 0. The second-order valence-corrected chi connectivity index (χ2v) is 12.1. The van der Waals surface area contributed by atoms with E-state index < -0.39 is 86.2 Å².